The number of hydrogen-bond donors (Lipinski definition) is 0. The van der Waals surface area contributed by atoms with E-state index in [-0.39, 0.29) is 29.5 Å². The van der Waals surface area contributed by atoms with Crippen LogP contribution in [0.15, 0.2) is 12.3 Å². The first-order chi connectivity index (χ1) is 12.4. The molecule has 0 spiro atoms. The van der Waals surface area contributed by atoms with Gasteiger partial charge < -0.3 is 4.74 Å². The van der Waals surface area contributed by atoms with Gasteiger partial charge >= 0.3 is 12.1 Å². The maximum absolute atomic E-state index is 11.3. The van der Waals surface area contributed by atoms with E-state index in [0.29, 0.717) is 18.3 Å². The summed E-state index contributed by atoms with van der Waals surface area (Å²) in [6.07, 6.45) is 4.25. The first-order valence-corrected chi connectivity index (χ1v) is 8.41. The minimum Gasteiger partial charge on any atom is -0.469 e. The molecule has 2 unspecified atom stereocenters. The smallest absolute Gasteiger partial charge is 0.373 e. The van der Waals surface area contributed by atoms with Gasteiger partial charge in [-0.15, -0.1) is 0 Å². The lowest BCUT2D eigenvalue weighted by atomic mass is 9.86. The van der Waals surface area contributed by atoms with E-state index in [1.54, 1.807) is 13.0 Å². The summed E-state index contributed by atoms with van der Waals surface area (Å²) in [4.78, 5) is 46.9. The van der Waals surface area contributed by atoms with Crippen LogP contribution in [0.4, 0.5) is 0 Å². The van der Waals surface area contributed by atoms with Crippen molar-refractivity contribution in [2.24, 2.45) is 23.7 Å². The Morgan fingerprint density at radius 3 is 1.85 bits per heavy atom. The number of methoxy groups -OCH3 is 1. The number of allylic oxidation sites excluding steroid dienone is 1. The molecule has 0 N–H and O–H groups in total. The Morgan fingerprint density at radius 1 is 1.07 bits per heavy atom. The summed E-state index contributed by atoms with van der Waals surface area (Å²) in [7, 11) is 1.30. The number of esters is 1. The molecule has 0 aromatic carbocycles. The van der Waals surface area contributed by atoms with Gasteiger partial charge in [0, 0.05) is 10.8 Å². The van der Waals surface area contributed by atoms with Crippen molar-refractivity contribution in [3.05, 3.63) is 32.5 Å². The Bertz CT molecular complexity index is 497. The number of rotatable bonds is 9. The Kier molecular flexibility index (Phi) is 19.6. The third kappa shape index (κ3) is 23.4. The summed E-state index contributed by atoms with van der Waals surface area (Å²) in [5.74, 6) is -0.194. The van der Waals surface area contributed by atoms with Gasteiger partial charge in [0.05, 0.1) is 18.0 Å². The van der Waals surface area contributed by atoms with Gasteiger partial charge in [-0.2, -0.15) is 9.59 Å². The summed E-state index contributed by atoms with van der Waals surface area (Å²) in [6, 6.07) is 0. The average Bonchev–Trinajstić information content (AvgIpc) is 2.52. The number of hydrogen-bond acceptors (Lipinski definition) is 8. The Hall–Kier alpha value is -2.61. The van der Waals surface area contributed by atoms with Crippen LogP contribution in [-0.2, 0) is 19.1 Å². The van der Waals surface area contributed by atoms with Crippen LogP contribution in [-0.4, -0.2) is 35.6 Å². The van der Waals surface area contributed by atoms with Crippen molar-refractivity contribution in [3.8, 4) is 0 Å². The van der Waals surface area contributed by atoms with Crippen LogP contribution < -0.4 is 0 Å². The van der Waals surface area contributed by atoms with Crippen LogP contribution >= 0.6 is 0 Å². The molecule has 0 aliphatic carbocycles. The number of nitrogens with zero attached hydrogens (tertiary/aromatic N) is 2. The minimum atomic E-state index is -0.442. The molecule has 27 heavy (non-hydrogen) atoms. The Labute approximate surface area is 159 Å². The number of nitro groups is 2. The van der Waals surface area contributed by atoms with Crippen molar-refractivity contribution in [3.63, 3.8) is 0 Å². The maximum Gasteiger partial charge on any atom is 0.373 e. The molecule has 0 heterocycles. The van der Waals surface area contributed by atoms with Crippen LogP contribution in [0, 0.1) is 43.9 Å². The zero-order valence-corrected chi connectivity index (χ0v) is 16.7. The standard InChI is InChI=1S/C10H19NO4.C6H11NO2.CO2/c1-7(2)5-9(6-11(13)14)8(3)10(12)15-4;1-6(2)4-3-5-7(8)9;2-1-3/h7-9H,5-6H2,1-4H3;3,5-6H,4H2,1-2H3;/b;5-3+;. The normalized spacial score (nSPS) is 12.1. The first kappa shape index (κ1) is 29.2. The largest absolute Gasteiger partial charge is 0.469 e. The highest BCUT2D eigenvalue weighted by Gasteiger charge is 2.29. The molecule has 2 atom stereocenters. The van der Waals surface area contributed by atoms with Crippen LogP contribution in [0.3, 0.4) is 0 Å². The Balaban J connectivity index is -0.000000407. The summed E-state index contributed by atoms with van der Waals surface area (Å²) >= 11 is 0. The second-order valence-corrected chi connectivity index (χ2v) is 6.60. The number of ether oxygens (including phenoxy) is 1. The van der Waals surface area contributed by atoms with Crippen LogP contribution in [0.2, 0.25) is 0 Å². The average molecular weight is 390 g/mol. The second kappa shape index (κ2) is 18.2. The van der Waals surface area contributed by atoms with Gasteiger partial charge in [-0.05, 0) is 30.8 Å². The fourth-order valence-corrected chi connectivity index (χ4v) is 2.03. The van der Waals surface area contributed by atoms with Gasteiger partial charge in [0.15, 0.2) is 0 Å². The lowest BCUT2D eigenvalue weighted by Crippen LogP contribution is -2.29. The molecule has 0 saturated carbocycles. The van der Waals surface area contributed by atoms with E-state index < -0.39 is 10.8 Å². The highest BCUT2D eigenvalue weighted by atomic mass is 16.6. The summed E-state index contributed by atoms with van der Waals surface area (Å²) < 4.78 is 4.59. The highest BCUT2D eigenvalue weighted by molar-refractivity contribution is 5.72. The Morgan fingerprint density at radius 2 is 1.56 bits per heavy atom. The van der Waals surface area contributed by atoms with Crippen molar-refractivity contribution in [1.29, 1.82) is 0 Å². The fraction of sp³-hybridized carbons (Fsp3) is 0.765. The lowest BCUT2D eigenvalue weighted by Gasteiger charge is -2.20. The topological polar surface area (TPSA) is 147 Å². The molecular formula is C17H30N2O8. The van der Waals surface area contributed by atoms with Gasteiger partial charge in [-0.25, -0.2) is 0 Å². The summed E-state index contributed by atoms with van der Waals surface area (Å²) in [5, 5.41) is 20.2. The van der Waals surface area contributed by atoms with E-state index in [2.05, 4.69) is 4.74 Å². The lowest BCUT2D eigenvalue weighted by molar-refractivity contribution is -0.490. The van der Waals surface area contributed by atoms with E-state index in [4.69, 9.17) is 9.59 Å². The molecule has 0 rings (SSSR count). The fourth-order valence-electron chi connectivity index (χ4n) is 2.03. The molecular weight excluding hydrogens is 360 g/mol. The van der Waals surface area contributed by atoms with E-state index in [9.17, 15) is 25.0 Å². The maximum atomic E-state index is 11.3. The van der Waals surface area contributed by atoms with Crippen molar-refractivity contribution >= 4 is 12.1 Å². The zero-order valence-electron chi connectivity index (χ0n) is 16.7. The van der Waals surface area contributed by atoms with Gasteiger partial charge in [0.1, 0.15) is 0 Å². The predicted octanol–water partition coefficient (Wildman–Crippen LogP) is 2.97. The van der Waals surface area contributed by atoms with Gasteiger partial charge in [0.2, 0.25) is 12.7 Å². The quantitative estimate of drug-likeness (QED) is 0.331. The zero-order chi connectivity index (χ0) is 22.0. The molecule has 0 bridgehead atoms. The van der Waals surface area contributed by atoms with Gasteiger partial charge in [0.25, 0.3) is 0 Å². The molecule has 0 aromatic rings. The molecule has 10 nitrogen and oxygen atoms in total. The van der Waals surface area contributed by atoms with Crippen molar-refractivity contribution < 1.29 is 29.0 Å². The molecule has 0 aliphatic rings. The highest BCUT2D eigenvalue weighted by Crippen LogP contribution is 2.21. The third-order valence-corrected chi connectivity index (χ3v) is 3.27. The first-order valence-electron chi connectivity index (χ1n) is 8.41. The van der Waals surface area contributed by atoms with Crippen LogP contribution in [0.5, 0.6) is 0 Å². The van der Waals surface area contributed by atoms with Crippen molar-refractivity contribution in [1.82, 2.24) is 0 Å². The molecule has 0 saturated heterocycles. The molecule has 0 amide bonds. The molecule has 156 valence electrons. The predicted molar refractivity (Wildman–Crippen MR) is 96.6 cm³/mol. The third-order valence-electron chi connectivity index (χ3n) is 3.27. The van der Waals surface area contributed by atoms with Crippen LogP contribution in [0.1, 0.15) is 47.5 Å². The molecule has 0 radical (unpaired) electrons. The van der Waals surface area contributed by atoms with E-state index in [1.165, 1.54) is 7.11 Å². The SMILES string of the molecule is CC(C)C/C=C/[N+](=O)[O-].COC(=O)C(C)C(CC(C)C)C[N+](=O)[O-].O=C=O. The molecule has 0 aromatic heterocycles. The minimum absolute atomic E-state index is 0.172. The van der Waals surface area contributed by atoms with E-state index >= 15 is 0 Å². The van der Waals surface area contributed by atoms with Gasteiger partial charge in [-0.1, -0.05) is 34.6 Å². The van der Waals surface area contributed by atoms with E-state index in [1.807, 2.05) is 27.7 Å². The van der Waals surface area contributed by atoms with Gasteiger partial charge in [-0.3, -0.25) is 25.0 Å². The van der Waals surface area contributed by atoms with E-state index in [0.717, 1.165) is 12.6 Å². The van der Waals surface area contributed by atoms with Crippen molar-refractivity contribution in [2.75, 3.05) is 13.7 Å². The summed E-state index contributed by atoms with van der Waals surface area (Å²) in [6.45, 7) is 9.51. The molecule has 0 fully saturated rings. The molecule has 10 heteroatoms. The monoisotopic (exact) mass is 390 g/mol. The summed E-state index contributed by atoms with van der Waals surface area (Å²) in [5.41, 5.74) is 0. The number of carbonyl (C=O) groups excluding carboxylic acids is 3. The molecule has 0 aliphatic heterocycles. The number of carbonyl (C=O) groups is 1. The second-order valence-electron chi connectivity index (χ2n) is 6.60. The van der Waals surface area contributed by atoms with Crippen LogP contribution in [0.25, 0.3) is 0 Å². The van der Waals surface area contributed by atoms with Crippen molar-refractivity contribution in [2.45, 2.75) is 47.5 Å².